The Balaban J connectivity index is 1.94. The second kappa shape index (κ2) is 7.81. The molecule has 0 radical (unpaired) electrons. The summed E-state index contributed by atoms with van der Waals surface area (Å²) in [5.74, 6) is 2.44. The molecule has 1 aromatic heterocycles. The van der Waals surface area contributed by atoms with Crippen LogP contribution in [0.15, 0.2) is 6.07 Å². The summed E-state index contributed by atoms with van der Waals surface area (Å²) in [5.41, 5.74) is 0. The molecule has 2 N–H and O–H groups in total. The number of nitrogens with one attached hydrogen (secondary N) is 2. The summed E-state index contributed by atoms with van der Waals surface area (Å²) in [6, 6.07) is 1.84. The fraction of sp³-hybridized carbons (Fsp3) is 0.667. The van der Waals surface area contributed by atoms with Crippen LogP contribution in [-0.4, -0.2) is 47.5 Å². The number of carbonyl (C=O) groups is 1. The summed E-state index contributed by atoms with van der Waals surface area (Å²) in [6.07, 6.45) is 5.30. The topological polar surface area (TPSA) is 70.2 Å². The van der Waals surface area contributed by atoms with E-state index in [1.54, 1.807) is 0 Å². The van der Waals surface area contributed by atoms with Crippen molar-refractivity contribution >= 4 is 17.5 Å². The fourth-order valence-corrected chi connectivity index (χ4v) is 2.47. The highest BCUT2D eigenvalue weighted by Gasteiger charge is 2.16. The van der Waals surface area contributed by atoms with Crippen molar-refractivity contribution in [2.45, 2.75) is 39.0 Å². The maximum absolute atomic E-state index is 12.1. The van der Waals surface area contributed by atoms with Crippen molar-refractivity contribution in [3.8, 4) is 0 Å². The van der Waals surface area contributed by atoms with Crippen molar-refractivity contribution in [2.75, 3.05) is 37.3 Å². The Labute approximate surface area is 126 Å². The van der Waals surface area contributed by atoms with Gasteiger partial charge < -0.3 is 15.5 Å². The third kappa shape index (κ3) is 4.58. The molecule has 1 amide bonds. The van der Waals surface area contributed by atoms with E-state index >= 15 is 0 Å². The number of likely N-dealkylation sites (tertiary alicyclic amines) is 1. The van der Waals surface area contributed by atoms with Gasteiger partial charge in [0.2, 0.25) is 5.91 Å². The number of anilines is 2. The molecular formula is C15H25N5O. The van der Waals surface area contributed by atoms with Gasteiger partial charge in [-0.1, -0.05) is 6.92 Å². The van der Waals surface area contributed by atoms with E-state index < -0.39 is 0 Å². The first-order valence-electron chi connectivity index (χ1n) is 7.80. The number of rotatable bonds is 6. The molecule has 1 aliphatic rings. The highest BCUT2D eigenvalue weighted by Crippen LogP contribution is 2.13. The van der Waals surface area contributed by atoms with Crippen LogP contribution in [0.4, 0.5) is 11.6 Å². The molecule has 6 nitrogen and oxygen atoms in total. The minimum absolute atomic E-state index is 0.149. The van der Waals surface area contributed by atoms with E-state index in [0.29, 0.717) is 12.4 Å². The van der Waals surface area contributed by atoms with Gasteiger partial charge in [-0.25, -0.2) is 9.97 Å². The quantitative estimate of drug-likeness (QED) is 0.837. The zero-order valence-corrected chi connectivity index (χ0v) is 13.0. The van der Waals surface area contributed by atoms with E-state index in [0.717, 1.165) is 50.4 Å². The Morgan fingerprint density at radius 3 is 2.62 bits per heavy atom. The molecule has 0 unspecified atom stereocenters. The number of hydrogen-bond acceptors (Lipinski definition) is 5. The Kier molecular flexibility index (Phi) is 5.78. The highest BCUT2D eigenvalue weighted by atomic mass is 16.2. The molecule has 6 heteroatoms. The average Bonchev–Trinajstić information content (AvgIpc) is 2.53. The van der Waals surface area contributed by atoms with Crippen molar-refractivity contribution in [3.05, 3.63) is 11.9 Å². The summed E-state index contributed by atoms with van der Waals surface area (Å²) in [5, 5.41) is 6.16. The van der Waals surface area contributed by atoms with Crippen molar-refractivity contribution in [3.63, 3.8) is 0 Å². The second-order valence-corrected chi connectivity index (χ2v) is 5.35. The van der Waals surface area contributed by atoms with Crippen molar-refractivity contribution in [2.24, 2.45) is 0 Å². The van der Waals surface area contributed by atoms with Crippen LogP contribution in [0.2, 0.25) is 0 Å². The van der Waals surface area contributed by atoms with Gasteiger partial charge in [0.1, 0.15) is 17.5 Å². The third-order valence-corrected chi connectivity index (χ3v) is 3.63. The predicted octanol–water partition coefficient (Wildman–Crippen LogP) is 1.90. The summed E-state index contributed by atoms with van der Waals surface area (Å²) < 4.78 is 0. The molecule has 1 aliphatic heterocycles. The smallest absolute Gasteiger partial charge is 0.241 e. The summed E-state index contributed by atoms with van der Waals surface area (Å²) in [7, 11) is 1.83. The molecule has 0 spiro atoms. The number of piperidine rings is 1. The van der Waals surface area contributed by atoms with Crippen LogP contribution < -0.4 is 10.6 Å². The van der Waals surface area contributed by atoms with Crippen LogP contribution in [0, 0.1) is 0 Å². The van der Waals surface area contributed by atoms with Gasteiger partial charge in [-0.2, -0.15) is 0 Å². The van der Waals surface area contributed by atoms with Gasteiger partial charge >= 0.3 is 0 Å². The predicted molar refractivity (Wildman–Crippen MR) is 84.5 cm³/mol. The van der Waals surface area contributed by atoms with Crippen LogP contribution in [0.25, 0.3) is 0 Å². The molecule has 0 aromatic carbocycles. The van der Waals surface area contributed by atoms with E-state index in [2.05, 4.69) is 27.5 Å². The van der Waals surface area contributed by atoms with E-state index in [1.165, 1.54) is 6.42 Å². The lowest BCUT2D eigenvalue weighted by atomic mass is 10.1. The molecule has 21 heavy (non-hydrogen) atoms. The van der Waals surface area contributed by atoms with Crippen LogP contribution >= 0.6 is 0 Å². The third-order valence-electron chi connectivity index (χ3n) is 3.63. The van der Waals surface area contributed by atoms with E-state index in [1.807, 2.05) is 18.0 Å². The van der Waals surface area contributed by atoms with E-state index in [-0.39, 0.29) is 5.91 Å². The lowest BCUT2D eigenvalue weighted by Crippen LogP contribution is -2.39. The largest absolute Gasteiger partial charge is 0.373 e. The maximum Gasteiger partial charge on any atom is 0.241 e. The molecular weight excluding hydrogens is 266 g/mol. The molecule has 1 aromatic rings. The first kappa shape index (κ1) is 15.5. The number of aromatic nitrogens is 2. The first-order valence-corrected chi connectivity index (χ1v) is 7.80. The van der Waals surface area contributed by atoms with Crippen LogP contribution in [0.5, 0.6) is 0 Å². The monoisotopic (exact) mass is 291 g/mol. The molecule has 2 rings (SSSR count). The SMILES string of the molecule is CCCc1nc(NC)cc(NCC(=O)N2CCCCC2)n1. The van der Waals surface area contributed by atoms with Crippen molar-refractivity contribution < 1.29 is 4.79 Å². The highest BCUT2D eigenvalue weighted by molar-refractivity contribution is 5.80. The Bertz CT molecular complexity index is 471. The summed E-state index contributed by atoms with van der Waals surface area (Å²) in [6.45, 7) is 4.16. The Morgan fingerprint density at radius 1 is 1.24 bits per heavy atom. The molecule has 2 heterocycles. The van der Waals surface area contributed by atoms with Gasteiger partial charge in [0.25, 0.3) is 0 Å². The molecule has 116 valence electrons. The van der Waals surface area contributed by atoms with Gasteiger partial charge in [0.15, 0.2) is 0 Å². The zero-order valence-electron chi connectivity index (χ0n) is 13.0. The van der Waals surface area contributed by atoms with Crippen molar-refractivity contribution in [1.29, 1.82) is 0 Å². The van der Waals surface area contributed by atoms with Gasteiger partial charge in [-0.05, 0) is 25.7 Å². The van der Waals surface area contributed by atoms with E-state index in [4.69, 9.17) is 0 Å². The molecule has 0 atom stereocenters. The van der Waals surface area contributed by atoms with Crippen molar-refractivity contribution in [1.82, 2.24) is 14.9 Å². The standard InChI is InChI=1S/C15H25N5O/c1-3-7-12-18-13(16-2)10-14(19-12)17-11-15(21)20-8-5-4-6-9-20/h10H,3-9,11H2,1-2H3,(H2,16,17,18,19). The number of nitrogens with zero attached hydrogens (tertiary/aromatic N) is 3. The first-order chi connectivity index (χ1) is 10.2. The summed E-state index contributed by atoms with van der Waals surface area (Å²) in [4.78, 5) is 22.9. The number of aryl methyl sites for hydroxylation is 1. The van der Waals surface area contributed by atoms with Gasteiger partial charge in [0.05, 0.1) is 6.54 Å². The molecule has 1 fully saturated rings. The summed E-state index contributed by atoms with van der Waals surface area (Å²) >= 11 is 0. The van der Waals surface area contributed by atoms with Gasteiger partial charge in [-0.3, -0.25) is 4.79 Å². The molecule has 1 saturated heterocycles. The second-order valence-electron chi connectivity index (χ2n) is 5.35. The van der Waals surface area contributed by atoms with Gasteiger partial charge in [-0.15, -0.1) is 0 Å². The lowest BCUT2D eigenvalue weighted by Gasteiger charge is -2.26. The Morgan fingerprint density at radius 2 is 1.95 bits per heavy atom. The van der Waals surface area contributed by atoms with E-state index in [9.17, 15) is 4.79 Å². The normalized spacial score (nSPS) is 14.9. The van der Waals surface area contributed by atoms with Crippen LogP contribution in [0.1, 0.15) is 38.4 Å². The number of hydrogen-bond donors (Lipinski definition) is 2. The molecule has 0 aliphatic carbocycles. The van der Waals surface area contributed by atoms with Crippen LogP contribution in [0.3, 0.4) is 0 Å². The minimum Gasteiger partial charge on any atom is -0.373 e. The molecule has 0 saturated carbocycles. The fourth-order valence-electron chi connectivity index (χ4n) is 2.47. The maximum atomic E-state index is 12.1. The average molecular weight is 291 g/mol. The molecule has 0 bridgehead atoms. The number of carbonyl (C=O) groups excluding carboxylic acids is 1. The zero-order chi connectivity index (χ0) is 15.1. The van der Waals surface area contributed by atoms with Gasteiger partial charge in [0, 0.05) is 32.6 Å². The minimum atomic E-state index is 0.149. The number of amides is 1. The lowest BCUT2D eigenvalue weighted by molar-refractivity contribution is -0.130. The van der Waals surface area contributed by atoms with Crippen LogP contribution in [-0.2, 0) is 11.2 Å². The Hall–Kier alpha value is -1.85.